The molecule has 0 atom stereocenters. The number of pyridine rings is 1. The molecule has 84 valence electrons. The first-order valence-corrected chi connectivity index (χ1v) is 3.54. The van der Waals surface area contributed by atoms with Crippen molar-refractivity contribution in [1.29, 1.82) is 0 Å². The quantitative estimate of drug-likeness (QED) is 0.753. The first-order valence-electron chi connectivity index (χ1n) is 3.54. The lowest BCUT2D eigenvalue weighted by Crippen LogP contribution is -2.16. The van der Waals surface area contributed by atoms with Gasteiger partial charge in [0.2, 0.25) is 0 Å². The van der Waals surface area contributed by atoms with Crippen LogP contribution in [0.5, 0.6) is 0 Å². The van der Waals surface area contributed by atoms with Gasteiger partial charge < -0.3 is 5.73 Å². The molecule has 1 aromatic rings. The van der Waals surface area contributed by atoms with Gasteiger partial charge in [0.15, 0.2) is 5.82 Å². The van der Waals surface area contributed by atoms with Crippen molar-refractivity contribution in [1.82, 2.24) is 4.98 Å². The van der Waals surface area contributed by atoms with Crippen LogP contribution in [0.2, 0.25) is 0 Å². The summed E-state index contributed by atoms with van der Waals surface area (Å²) in [7, 11) is 0. The zero-order valence-electron chi connectivity index (χ0n) is 6.95. The van der Waals surface area contributed by atoms with Crippen molar-refractivity contribution >= 4 is 5.82 Å². The molecule has 1 heterocycles. The van der Waals surface area contributed by atoms with Crippen LogP contribution in [0.3, 0.4) is 0 Å². The minimum absolute atomic E-state index is 0.228. The summed E-state index contributed by atoms with van der Waals surface area (Å²) in [6, 6.07) is 0. The molecule has 0 spiro atoms. The fraction of sp³-hybridized carbons (Fsp3) is 0.286. The van der Waals surface area contributed by atoms with Crippen molar-refractivity contribution < 1.29 is 26.3 Å². The summed E-state index contributed by atoms with van der Waals surface area (Å²) in [5, 5.41) is 0. The summed E-state index contributed by atoms with van der Waals surface area (Å²) in [5.74, 6) is -2.90. The molecular formula is C7H4F6N2. The third-order valence-electron chi connectivity index (χ3n) is 1.60. The molecular weight excluding hydrogens is 226 g/mol. The monoisotopic (exact) mass is 230 g/mol. The second-order valence-electron chi connectivity index (χ2n) is 2.58. The highest BCUT2D eigenvalue weighted by Gasteiger charge is 2.40. The highest BCUT2D eigenvalue weighted by atomic mass is 19.4. The Bertz CT molecular complexity index is 372. The molecule has 1 aromatic heterocycles. The number of anilines is 1. The van der Waals surface area contributed by atoms with Crippen LogP contribution in [0.1, 0.15) is 17.6 Å². The van der Waals surface area contributed by atoms with Gasteiger partial charge in [-0.1, -0.05) is 0 Å². The van der Waals surface area contributed by atoms with Crippen LogP contribution in [0, 0.1) is 5.82 Å². The molecule has 0 aromatic carbocycles. The van der Waals surface area contributed by atoms with E-state index in [1.54, 1.807) is 0 Å². The molecule has 2 N–H and O–H groups in total. The van der Waals surface area contributed by atoms with Gasteiger partial charge in [-0.3, -0.25) is 0 Å². The van der Waals surface area contributed by atoms with Crippen LogP contribution in [0.15, 0.2) is 6.20 Å². The fourth-order valence-electron chi connectivity index (χ4n) is 1.03. The maximum absolute atomic E-state index is 12.7. The molecule has 0 aliphatic rings. The molecule has 0 radical (unpaired) electrons. The molecule has 0 amide bonds. The summed E-state index contributed by atoms with van der Waals surface area (Å²) < 4.78 is 73.8. The third kappa shape index (κ3) is 2.13. The molecule has 1 rings (SSSR count). The lowest BCUT2D eigenvalue weighted by Gasteiger charge is -2.14. The summed E-state index contributed by atoms with van der Waals surface area (Å²) in [5.41, 5.74) is 1.10. The number of rotatable bonds is 1. The van der Waals surface area contributed by atoms with Crippen LogP contribution in [-0.4, -0.2) is 4.98 Å². The second-order valence-corrected chi connectivity index (χ2v) is 2.58. The lowest BCUT2D eigenvalue weighted by molar-refractivity contribution is -0.139. The van der Waals surface area contributed by atoms with Crippen molar-refractivity contribution in [2.75, 3.05) is 5.73 Å². The topological polar surface area (TPSA) is 38.9 Å². The smallest absolute Gasteiger partial charge is 0.383 e. The van der Waals surface area contributed by atoms with Gasteiger partial charge in [0.1, 0.15) is 11.4 Å². The molecule has 0 saturated carbocycles. The number of hydrogen-bond donors (Lipinski definition) is 1. The molecule has 2 nitrogen and oxygen atoms in total. The predicted molar refractivity (Wildman–Crippen MR) is 38.6 cm³/mol. The highest BCUT2D eigenvalue weighted by molar-refractivity contribution is 5.47. The second kappa shape index (κ2) is 3.59. The van der Waals surface area contributed by atoms with E-state index < -0.39 is 35.4 Å². The highest BCUT2D eigenvalue weighted by Crippen LogP contribution is 2.39. The molecule has 8 heteroatoms. The average Bonchev–Trinajstić information content (AvgIpc) is 2.05. The summed E-state index contributed by atoms with van der Waals surface area (Å²) in [6.07, 6.45) is -8.54. The molecule has 0 fully saturated rings. The Morgan fingerprint density at radius 1 is 1.27 bits per heavy atom. The number of alkyl halides is 5. The van der Waals surface area contributed by atoms with E-state index in [1.165, 1.54) is 0 Å². The maximum atomic E-state index is 12.7. The fourth-order valence-corrected chi connectivity index (χ4v) is 1.03. The SMILES string of the molecule is Nc1ncc(F)c(C(F)F)c1C(F)(F)F. The van der Waals surface area contributed by atoms with Gasteiger partial charge in [-0.2, -0.15) is 13.2 Å². The molecule has 0 aliphatic heterocycles. The number of nitrogens with two attached hydrogens (primary N) is 1. The number of nitrogen functional groups attached to an aromatic ring is 1. The van der Waals surface area contributed by atoms with Gasteiger partial charge in [-0.05, 0) is 0 Å². The van der Waals surface area contributed by atoms with Gasteiger partial charge in [-0.15, -0.1) is 0 Å². The summed E-state index contributed by atoms with van der Waals surface area (Å²) in [6.45, 7) is 0. The maximum Gasteiger partial charge on any atom is 0.420 e. The van der Waals surface area contributed by atoms with Gasteiger partial charge >= 0.3 is 6.18 Å². The Kier molecular flexibility index (Phi) is 2.78. The zero-order chi connectivity index (χ0) is 11.8. The van der Waals surface area contributed by atoms with E-state index in [-0.39, 0.29) is 6.20 Å². The molecule has 15 heavy (non-hydrogen) atoms. The van der Waals surface area contributed by atoms with E-state index in [0.29, 0.717) is 0 Å². The lowest BCUT2D eigenvalue weighted by atomic mass is 10.1. The minimum atomic E-state index is -5.16. The molecule has 0 unspecified atom stereocenters. The Morgan fingerprint density at radius 3 is 2.13 bits per heavy atom. The van der Waals surface area contributed by atoms with E-state index in [9.17, 15) is 26.3 Å². The van der Waals surface area contributed by atoms with Crippen LogP contribution < -0.4 is 5.73 Å². The van der Waals surface area contributed by atoms with E-state index in [4.69, 9.17) is 5.73 Å². The Labute approximate surface area is 79.7 Å². The van der Waals surface area contributed by atoms with Crippen molar-refractivity contribution in [3.05, 3.63) is 23.1 Å². The van der Waals surface area contributed by atoms with E-state index in [0.717, 1.165) is 0 Å². The van der Waals surface area contributed by atoms with Crippen LogP contribution in [0.25, 0.3) is 0 Å². The first kappa shape index (κ1) is 11.6. The van der Waals surface area contributed by atoms with Crippen LogP contribution >= 0.6 is 0 Å². The largest absolute Gasteiger partial charge is 0.420 e. The summed E-state index contributed by atoms with van der Waals surface area (Å²) >= 11 is 0. The molecule has 0 bridgehead atoms. The van der Waals surface area contributed by atoms with E-state index >= 15 is 0 Å². The van der Waals surface area contributed by atoms with Crippen molar-refractivity contribution in [2.45, 2.75) is 12.6 Å². The normalized spacial score (nSPS) is 12.2. The average molecular weight is 230 g/mol. The van der Waals surface area contributed by atoms with Crippen LogP contribution in [-0.2, 0) is 6.18 Å². The number of nitrogens with zero attached hydrogens (tertiary/aromatic N) is 1. The van der Waals surface area contributed by atoms with E-state index in [2.05, 4.69) is 4.98 Å². The molecule has 0 aliphatic carbocycles. The van der Waals surface area contributed by atoms with Gasteiger partial charge in [-0.25, -0.2) is 18.2 Å². The summed E-state index contributed by atoms with van der Waals surface area (Å²) in [4.78, 5) is 2.84. The van der Waals surface area contributed by atoms with Crippen molar-refractivity contribution in [3.8, 4) is 0 Å². The number of aromatic nitrogens is 1. The van der Waals surface area contributed by atoms with Crippen molar-refractivity contribution in [2.24, 2.45) is 0 Å². The van der Waals surface area contributed by atoms with Gasteiger partial charge in [0, 0.05) is 0 Å². The Hall–Kier alpha value is -1.47. The Morgan fingerprint density at radius 2 is 1.80 bits per heavy atom. The number of halogens is 6. The standard InChI is InChI=1S/C7H4F6N2/c8-2-1-15-6(14)4(7(11,12)13)3(2)5(9)10/h1,5H,(H2,14,15). The van der Waals surface area contributed by atoms with E-state index in [1.807, 2.05) is 0 Å². The zero-order valence-corrected chi connectivity index (χ0v) is 6.95. The van der Waals surface area contributed by atoms with Crippen LogP contribution in [0.4, 0.5) is 32.2 Å². The van der Waals surface area contributed by atoms with Crippen molar-refractivity contribution in [3.63, 3.8) is 0 Å². The van der Waals surface area contributed by atoms with Gasteiger partial charge in [0.25, 0.3) is 6.43 Å². The number of hydrogen-bond acceptors (Lipinski definition) is 2. The van der Waals surface area contributed by atoms with Gasteiger partial charge in [0.05, 0.1) is 11.8 Å². The first-order chi connectivity index (χ1) is 6.75. The predicted octanol–water partition coefficient (Wildman–Crippen LogP) is 2.76. The molecule has 0 saturated heterocycles. The Balaban J connectivity index is 3.53. The minimum Gasteiger partial charge on any atom is -0.383 e. The third-order valence-corrected chi connectivity index (χ3v) is 1.60.